The van der Waals surface area contributed by atoms with Crippen LogP contribution >= 0.6 is 7.82 Å². The van der Waals surface area contributed by atoms with Gasteiger partial charge in [0.05, 0.1) is 6.61 Å². The summed E-state index contributed by atoms with van der Waals surface area (Å²) in [6, 6.07) is 0. The van der Waals surface area contributed by atoms with Crippen LogP contribution in [0, 0.1) is 0 Å². The van der Waals surface area contributed by atoms with Gasteiger partial charge >= 0.3 is 19.8 Å². The molecule has 0 saturated heterocycles. The summed E-state index contributed by atoms with van der Waals surface area (Å²) in [6.45, 7) is 3.48. The number of unbranched alkanes of at least 4 members (excludes halogenated alkanes) is 11. The minimum atomic E-state index is -4.76. The van der Waals surface area contributed by atoms with Crippen molar-refractivity contribution in [2.45, 2.75) is 155 Å². The molecule has 0 aliphatic heterocycles. The van der Waals surface area contributed by atoms with Gasteiger partial charge in [-0.15, -0.1) is 0 Å². The second-order valence-electron chi connectivity index (χ2n) is 12.2. The van der Waals surface area contributed by atoms with Gasteiger partial charge in [-0.25, -0.2) is 4.57 Å². The Bertz CT molecular complexity index is 1020. The zero-order valence-corrected chi connectivity index (χ0v) is 31.5. The number of hydrogen-bond acceptors (Lipinski definition) is 6. The van der Waals surface area contributed by atoms with Crippen molar-refractivity contribution in [2.24, 2.45) is 0 Å². The van der Waals surface area contributed by atoms with Crippen LogP contribution in [0.15, 0.2) is 72.9 Å². The number of ether oxygens (including phenoxy) is 2. The fraction of sp³-hybridized carbons (Fsp3) is 0.650. The molecule has 0 spiro atoms. The lowest BCUT2D eigenvalue weighted by Crippen LogP contribution is -2.29. The maximum absolute atomic E-state index is 12.3. The Morgan fingerprint density at radius 1 is 0.551 bits per heavy atom. The standard InChI is InChI=1S/C40H67O8P/c1-3-5-7-9-11-13-15-17-18-19-20-21-22-23-25-26-28-30-32-34-39(41)46-36-38(37-47-49(43,44)45)48-40(42)35-33-31-29-27-24-16-14-12-10-8-6-4-2/h5,7,11-14,17-18,20-21,23,25,38H,3-4,6,8-10,15-16,19,22,24,26-37H2,1-2H3,(H2,43,44,45)/b7-5+,13-11+,14-12+,18-17+,21-20+,25-23+/t38-/m1/s1. The van der Waals surface area contributed by atoms with Crippen LogP contribution in [0.4, 0.5) is 0 Å². The Morgan fingerprint density at radius 2 is 0.980 bits per heavy atom. The van der Waals surface area contributed by atoms with E-state index in [0.29, 0.717) is 12.8 Å². The number of carbonyl (C=O) groups is 2. The molecule has 280 valence electrons. The molecule has 0 amide bonds. The van der Waals surface area contributed by atoms with Crippen molar-refractivity contribution < 1.29 is 37.9 Å². The number of phosphoric ester groups is 1. The van der Waals surface area contributed by atoms with Crippen LogP contribution in [0.1, 0.15) is 149 Å². The molecule has 49 heavy (non-hydrogen) atoms. The minimum absolute atomic E-state index is 0.190. The normalized spacial score (nSPS) is 13.3. The zero-order chi connectivity index (χ0) is 36.1. The molecule has 0 radical (unpaired) electrons. The first kappa shape index (κ1) is 46.5. The van der Waals surface area contributed by atoms with Gasteiger partial charge in [-0.1, -0.05) is 125 Å². The SMILES string of the molecule is CC/C=C/C/C=C/C/C=C/C/C=C/C/C=C/CCCCCC(=O)OC[C@H](COP(=O)(O)O)OC(=O)CCCCCCC/C=C/CCCCC. The van der Waals surface area contributed by atoms with Crippen LogP contribution in [-0.4, -0.2) is 41.0 Å². The Labute approximate surface area is 298 Å². The van der Waals surface area contributed by atoms with Gasteiger partial charge < -0.3 is 19.3 Å². The van der Waals surface area contributed by atoms with E-state index < -0.39 is 32.5 Å². The summed E-state index contributed by atoms with van der Waals surface area (Å²) >= 11 is 0. The van der Waals surface area contributed by atoms with E-state index in [4.69, 9.17) is 19.3 Å². The molecule has 0 aromatic heterocycles. The van der Waals surface area contributed by atoms with E-state index >= 15 is 0 Å². The van der Waals surface area contributed by atoms with Gasteiger partial charge in [-0.05, 0) is 83.5 Å². The topological polar surface area (TPSA) is 119 Å². The number of phosphoric acid groups is 1. The van der Waals surface area contributed by atoms with E-state index in [2.05, 4.69) is 91.3 Å². The van der Waals surface area contributed by atoms with E-state index in [9.17, 15) is 14.2 Å². The summed E-state index contributed by atoms with van der Waals surface area (Å²) < 4.78 is 26.2. The van der Waals surface area contributed by atoms with Crippen LogP contribution in [-0.2, 0) is 28.2 Å². The third-order valence-electron chi connectivity index (χ3n) is 7.46. The summed E-state index contributed by atoms with van der Waals surface area (Å²) in [4.78, 5) is 42.7. The molecule has 0 unspecified atom stereocenters. The van der Waals surface area contributed by atoms with E-state index in [1.165, 1.54) is 19.3 Å². The van der Waals surface area contributed by atoms with E-state index in [0.717, 1.165) is 89.9 Å². The third-order valence-corrected chi connectivity index (χ3v) is 7.94. The van der Waals surface area contributed by atoms with Crippen molar-refractivity contribution in [3.05, 3.63) is 72.9 Å². The van der Waals surface area contributed by atoms with Gasteiger partial charge in [0, 0.05) is 12.8 Å². The van der Waals surface area contributed by atoms with E-state index in [1.54, 1.807) is 0 Å². The van der Waals surface area contributed by atoms with Crippen molar-refractivity contribution in [2.75, 3.05) is 13.2 Å². The number of carbonyl (C=O) groups excluding carboxylic acids is 2. The molecule has 0 fully saturated rings. The first-order chi connectivity index (χ1) is 23.8. The molecule has 0 saturated carbocycles. The second kappa shape index (κ2) is 35.3. The Hall–Kier alpha value is -2.51. The predicted octanol–water partition coefficient (Wildman–Crippen LogP) is 11.1. The zero-order valence-electron chi connectivity index (χ0n) is 30.6. The van der Waals surface area contributed by atoms with Crippen LogP contribution in [0.3, 0.4) is 0 Å². The van der Waals surface area contributed by atoms with Crippen molar-refractivity contribution >= 4 is 19.8 Å². The van der Waals surface area contributed by atoms with Crippen molar-refractivity contribution in [3.63, 3.8) is 0 Å². The number of allylic oxidation sites excluding steroid dienone is 12. The molecule has 0 aliphatic rings. The molecule has 8 nitrogen and oxygen atoms in total. The smallest absolute Gasteiger partial charge is 0.462 e. The Kier molecular flexibility index (Phi) is 33.5. The summed E-state index contributed by atoms with van der Waals surface area (Å²) in [7, 11) is -4.76. The second-order valence-corrected chi connectivity index (χ2v) is 13.4. The molecular weight excluding hydrogens is 639 g/mol. The molecule has 2 N–H and O–H groups in total. The quantitative estimate of drug-likeness (QED) is 0.0299. The number of esters is 2. The maximum Gasteiger partial charge on any atom is 0.469 e. The van der Waals surface area contributed by atoms with Gasteiger partial charge in [0.25, 0.3) is 0 Å². The summed E-state index contributed by atoms with van der Waals surface area (Å²) in [5.74, 6) is -0.941. The van der Waals surface area contributed by atoms with Gasteiger partial charge in [-0.3, -0.25) is 14.1 Å². The average molecular weight is 707 g/mol. The van der Waals surface area contributed by atoms with Crippen LogP contribution in [0.5, 0.6) is 0 Å². The van der Waals surface area contributed by atoms with Crippen LogP contribution in [0.25, 0.3) is 0 Å². The molecule has 1 atom stereocenters. The molecular formula is C40H67O8P. The van der Waals surface area contributed by atoms with Crippen molar-refractivity contribution in [1.29, 1.82) is 0 Å². The molecule has 0 bridgehead atoms. The number of rotatable bonds is 33. The first-order valence-corrected chi connectivity index (χ1v) is 20.3. The molecule has 0 aliphatic carbocycles. The van der Waals surface area contributed by atoms with Crippen LogP contribution in [0.2, 0.25) is 0 Å². The maximum atomic E-state index is 12.3. The van der Waals surface area contributed by atoms with E-state index in [-0.39, 0.29) is 19.4 Å². The minimum Gasteiger partial charge on any atom is -0.462 e. The molecule has 0 aromatic rings. The lowest BCUT2D eigenvalue weighted by molar-refractivity contribution is -0.161. The lowest BCUT2D eigenvalue weighted by atomic mass is 10.1. The largest absolute Gasteiger partial charge is 0.469 e. The summed E-state index contributed by atoms with van der Waals surface area (Å²) in [6.07, 6.45) is 44.8. The summed E-state index contributed by atoms with van der Waals surface area (Å²) in [5, 5.41) is 0. The first-order valence-electron chi connectivity index (χ1n) is 18.7. The monoisotopic (exact) mass is 706 g/mol. The Morgan fingerprint density at radius 3 is 1.51 bits per heavy atom. The Balaban J connectivity index is 4.06. The lowest BCUT2D eigenvalue weighted by Gasteiger charge is -2.18. The third kappa shape index (κ3) is 38.1. The fourth-order valence-electron chi connectivity index (χ4n) is 4.69. The van der Waals surface area contributed by atoms with Crippen molar-refractivity contribution in [1.82, 2.24) is 0 Å². The molecule has 0 aromatic carbocycles. The van der Waals surface area contributed by atoms with E-state index in [1.807, 2.05) is 0 Å². The predicted molar refractivity (Wildman–Crippen MR) is 202 cm³/mol. The molecule has 9 heteroatoms. The van der Waals surface area contributed by atoms with Gasteiger partial charge in [0.2, 0.25) is 0 Å². The highest BCUT2D eigenvalue weighted by Gasteiger charge is 2.22. The van der Waals surface area contributed by atoms with Crippen LogP contribution < -0.4 is 0 Å². The van der Waals surface area contributed by atoms with Crippen molar-refractivity contribution in [3.8, 4) is 0 Å². The highest BCUT2D eigenvalue weighted by atomic mass is 31.2. The molecule has 0 rings (SSSR count). The molecule has 0 heterocycles. The summed E-state index contributed by atoms with van der Waals surface area (Å²) in [5.41, 5.74) is 0. The van der Waals surface area contributed by atoms with Gasteiger partial charge in [0.1, 0.15) is 6.61 Å². The average Bonchev–Trinajstić information content (AvgIpc) is 3.07. The van der Waals surface area contributed by atoms with Gasteiger partial charge in [-0.2, -0.15) is 0 Å². The fourth-order valence-corrected chi connectivity index (χ4v) is 5.05. The number of hydrogen-bond donors (Lipinski definition) is 2. The highest BCUT2D eigenvalue weighted by Crippen LogP contribution is 2.36. The van der Waals surface area contributed by atoms with Gasteiger partial charge in [0.15, 0.2) is 6.10 Å². The highest BCUT2D eigenvalue weighted by molar-refractivity contribution is 7.46.